The third kappa shape index (κ3) is 4.62. The topological polar surface area (TPSA) is 75.2 Å². The fourth-order valence-corrected chi connectivity index (χ4v) is 3.79. The number of aromatic nitrogens is 2. The molecule has 1 aromatic carbocycles. The monoisotopic (exact) mass is 344 g/mol. The molecule has 0 aliphatic carbocycles. The molecule has 0 saturated carbocycles. The van der Waals surface area contributed by atoms with Crippen molar-refractivity contribution in [3.63, 3.8) is 0 Å². The van der Waals surface area contributed by atoms with Gasteiger partial charge in [-0.3, -0.25) is 0 Å². The van der Waals surface area contributed by atoms with Crippen molar-refractivity contribution in [2.24, 2.45) is 0 Å². The van der Waals surface area contributed by atoms with Crippen LogP contribution in [0.3, 0.4) is 0 Å². The quantitative estimate of drug-likeness (QED) is 0.898. The van der Waals surface area contributed by atoms with Crippen LogP contribution in [-0.2, 0) is 10.0 Å². The summed E-state index contributed by atoms with van der Waals surface area (Å²) in [6.45, 7) is 1.41. The lowest BCUT2D eigenvalue weighted by Gasteiger charge is -2.32. The van der Waals surface area contributed by atoms with Crippen LogP contribution in [-0.4, -0.2) is 37.5 Å². The molecule has 1 atom stereocenters. The number of hydrogen-bond donors (Lipinski definition) is 1. The molecule has 1 N–H and O–H groups in total. The highest BCUT2D eigenvalue weighted by Gasteiger charge is 2.24. The first-order chi connectivity index (χ1) is 11.6. The molecule has 0 amide bonds. The van der Waals surface area contributed by atoms with Gasteiger partial charge < -0.3 is 4.90 Å². The number of nitrogens with one attached hydrogen (secondary N) is 1. The first kappa shape index (κ1) is 16.6. The van der Waals surface area contributed by atoms with Crippen LogP contribution in [0.4, 0.5) is 5.95 Å². The molecule has 3 rings (SSSR count). The van der Waals surface area contributed by atoms with E-state index in [-0.39, 0.29) is 6.04 Å². The Morgan fingerprint density at radius 1 is 1.12 bits per heavy atom. The Kier molecular flexibility index (Phi) is 5.22. The molecule has 1 aliphatic heterocycles. The number of hydrogen-bond acceptors (Lipinski definition) is 5. The summed E-state index contributed by atoms with van der Waals surface area (Å²) >= 11 is 0. The lowest BCUT2D eigenvalue weighted by molar-refractivity contribution is 0.464. The van der Waals surface area contributed by atoms with E-state index >= 15 is 0 Å². The average molecular weight is 344 g/mol. The molecule has 0 radical (unpaired) electrons. The van der Waals surface area contributed by atoms with Gasteiger partial charge in [-0.05, 0) is 30.5 Å². The second-order valence-corrected chi connectivity index (χ2v) is 7.31. The minimum atomic E-state index is -3.48. The Morgan fingerprint density at radius 3 is 2.62 bits per heavy atom. The van der Waals surface area contributed by atoms with Crippen molar-refractivity contribution in [3.05, 3.63) is 59.8 Å². The van der Waals surface area contributed by atoms with Gasteiger partial charge in [-0.2, -0.15) is 0 Å². The number of anilines is 1. The molecule has 1 fully saturated rings. The van der Waals surface area contributed by atoms with Gasteiger partial charge in [-0.25, -0.2) is 23.1 Å². The third-order valence-electron chi connectivity index (χ3n) is 3.83. The van der Waals surface area contributed by atoms with E-state index in [4.69, 9.17) is 0 Å². The van der Waals surface area contributed by atoms with Crippen molar-refractivity contribution >= 4 is 22.0 Å². The minimum Gasteiger partial charge on any atom is -0.339 e. The van der Waals surface area contributed by atoms with Gasteiger partial charge in [0.05, 0.1) is 0 Å². The fraction of sp³-hybridized carbons (Fsp3) is 0.294. The maximum absolute atomic E-state index is 12.3. The van der Waals surface area contributed by atoms with Crippen LogP contribution in [0.1, 0.15) is 18.4 Å². The van der Waals surface area contributed by atoms with E-state index in [1.54, 1.807) is 24.5 Å². The Morgan fingerprint density at radius 2 is 1.88 bits per heavy atom. The molecule has 2 aromatic rings. The van der Waals surface area contributed by atoms with Gasteiger partial charge in [0.1, 0.15) is 0 Å². The number of rotatable bonds is 5. The van der Waals surface area contributed by atoms with Crippen molar-refractivity contribution in [1.82, 2.24) is 14.7 Å². The normalized spacial score (nSPS) is 18.8. The van der Waals surface area contributed by atoms with Crippen molar-refractivity contribution in [3.8, 4) is 0 Å². The van der Waals surface area contributed by atoms with E-state index in [0.717, 1.165) is 24.9 Å². The van der Waals surface area contributed by atoms with E-state index in [9.17, 15) is 8.42 Å². The maximum Gasteiger partial charge on any atom is 0.234 e. The number of nitrogens with zero attached hydrogens (tertiary/aromatic N) is 3. The van der Waals surface area contributed by atoms with Crippen molar-refractivity contribution in [2.75, 3.05) is 18.0 Å². The van der Waals surface area contributed by atoms with Crippen molar-refractivity contribution in [1.29, 1.82) is 0 Å². The third-order valence-corrected chi connectivity index (χ3v) is 4.98. The molecule has 24 heavy (non-hydrogen) atoms. The molecular formula is C17H20N4O2S. The van der Waals surface area contributed by atoms with Crippen molar-refractivity contribution in [2.45, 2.75) is 18.9 Å². The SMILES string of the molecule is O=S(=O)(C=Cc1ccccc1)NC1CCCN(c2ncccn2)C1. The van der Waals surface area contributed by atoms with Crippen LogP contribution in [0.25, 0.3) is 6.08 Å². The molecule has 126 valence electrons. The van der Waals surface area contributed by atoms with E-state index in [2.05, 4.69) is 14.7 Å². The first-order valence-electron chi connectivity index (χ1n) is 7.90. The molecule has 0 bridgehead atoms. The second kappa shape index (κ2) is 7.55. The summed E-state index contributed by atoms with van der Waals surface area (Å²) in [5.41, 5.74) is 0.853. The van der Waals surface area contributed by atoms with E-state index in [1.807, 2.05) is 35.2 Å². The van der Waals surface area contributed by atoms with E-state index < -0.39 is 10.0 Å². The molecule has 1 aromatic heterocycles. The van der Waals surface area contributed by atoms with Gasteiger partial charge in [0, 0.05) is 36.9 Å². The molecule has 1 aliphatic rings. The molecule has 6 nitrogen and oxygen atoms in total. The second-order valence-electron chi connectivity index (χ2n) is 5.71. The Hall–Kier alpha value is -2.25. The summed E-state index contributed by atoms with van der Waals surface area (Å²) in [4.78, 5) is 10.5. The predicted molar refractivity (Wildman–Crippen MR) is 94.8 cm³/mol. The highest BCUT2D eigenvalue weighted by atomic mass is 32.2. The molecular weight excluding hydrogens is 324 g/mol. The van der Waals surface area contributed by atoms with Crippen LogP contribution in [0.2, 0.25) is 0 Å². The van der Waals surface area contributed by atoms with Crippen LogP contribution in [0, 0.1) is 0 Å². The van der Waals surface area contributed by atoms with Gasteiger partial charge in [0.2, 0.25) is 16.0 Å². The van der Waals surface area contributed by atoms with Gasteiger partial charge in [-0.15, -0.1) is 0 Å². The fourth-order valence-electron chi connectivity index (χ4n) is 2.71. The first-order valence-corrected chi connectivity index (χ1v) is 9.44. The maximum atomic E-state index is 12.3. The van der Waals surface area contributed by atoms with Crippen LogP contribution in [0.5, 0.6) is 0 Å². The Labute approximate surface area is 142 Å². The van der Waals surface area contributed by atoms with Crippen molar-refractivity contribution < 1.29 is 8.42 Å². The minimum absolute atomic E-state index is 0.145. The van der Waals surface area contributed by atoms with Crippen LogP contribution in [0.15, 0.2) is 54.2 Å². The summed E-state index contributed by atoms with van der Waals surface area (Å²) in [6, 6.07) is 11.0. The zero-order valence-corrected chi connectivity index (χ0v) is 14.1. The molecule has 7 heteroatoms. The van der Waals surface area contributed by atoms with Crippen LogP contribution < -0.4 is 9.62 Å². The number of sulfonamides is 1. The predicted octanol–water partition coefficient (Wildman–Crippen LogP) is 2.04. The summed E-state index contributed by atoms with van der Waals surface area (Å²) in [7, 11) is -3.48. The van der Waals surface area contributed by atoms with Gasteiger partial charge in [0.25, 0.3) is 0 Å². The lowest BCUT2D eigenvalue weighted by atomic mass is 10.1. The Balaban J connectivity index is 1.63. The zero-order chi connectivity index (χ0) is 16.8. The largest absolute Gasteiger partial charge is 0.339 e. The zero-order valence-electron chi connectivity index (χ0n) is 13.2. The van der Waals surface area contributed by atoms with Gasteiger partial charge in [0.15, 0.2) is 0 Å². The average Bonchev–Trinajstić information content (AvgIpc) is 2.62. The van der Waals surface area contributed by atoms with Gasteiger partial charge >= 0.3 is 0 Å². The van der Waals surface area contributed by atoms with E-state index in [1.165, 1.54) is 5.41 Å². The molecule has 0 spiro atoms. The number of piperidine rings is 1. The summed E-state index contributed by atoms with van der Waals surface area (Å²) in [6.07, 6.45) is 6.69. The summed E-state index contributed by atoms with van der Waals surface area (Å²) < 4.78 is 27.3. The standard InChI is InChI=1S/C17H20N4O2S/c22-24(23,13-9-15-6-2-1-3-7-15)20-16-8-4-12-21(14-16)17-18-10-5-11-19-17/h1-3,5-7,9-11,13,16,20H,4,8,12,14H2. The molecule has 1 unspecified atom stereocenters. The van der Waals surface area contributed by atoms with Gasteiger partial charge in [-0.1, -0.05) is 30.3 Å². The highest BCUT2D eigenvalue weighted by molar-refractivity contribution is 7.92. The van der Waals surface area contributed by atoms with E-state index in [0.29, 0.717) is 12.5 Å². The number of benzene rings is 1. The smallest absolute Gasteiger partial charge is 0.234 e. The summed E-state index contributed by atoms with van der Waals surface area (Å²) in [5, 5.41) is 1.22. The summed E-state index contributed by atoms with van der Waals surface area (Å²) in [5.74, 6) is 0.640. The Bertz CT molecular complexity index is 779. The molecule has 2 heterocycles. The van der Waals surface area contributed by atoms with Crippen LogP contribution >= 0.6 is 0 Å². The molecule has 1 saturated heterocycles. The lowest BCUT2D eigenvalue weighted by Crippen LogP contribution is -2.47. The highest BCUT2D eigenvalue weighted by Crippen LogP contribution is 2.16.